The van der Waals surface area contributed by atoms with E-state index in [1.807, 2.05) is 0 Å². The Labute approximate surface area is 164 Å². The number of rotatable bonds is 4. The van der Waals surface area contributed by atoms with E-state index in [1.54, 1.807) is 24.3 Å². The fraction of sp³-hybridized carbons (Fsp3) is 0. The molecular weight excluding hydrogens is 375 g/mol. The molecule has 0 aliphatic rings. The smallest absolute Gasteiger partial charge is 0.323 e. The van der Waals surface area contributed by atoms with Crippen molar-refractivity contribution in [2.24, 2.45) is 0 Å². The number of H-pyrrole nitrogens is 1. The molecule has 0 atom stereocenters. The Morgan fingerprint density at radius 3 is 2.48 bits per heavy atom. The van der Waals surface area contributed by atoms with Gasteiger partial charge in [0.05, 0.1) is 10.9 Å². The van der Waals surface area contributed by atoms with Gasteiger partial charge in [-0.15, -0.1) is 0 Å². The van der Waals surface area contributed by atoms with Crippen molar-refractivity contribution in [3.8, 4) is 0 Å². The molecule has 0 bridgehead atoms. The van der Waals surface area contributed by atoms with Crippen LogP contribution in [0.15, 0.2) is 61.1 Å². The van der Waals surface area contributed by atoms with Gasteiger partial charge in [-0.05, 0) is 30.3 Å². The highest BCUT2D eigenvalue weighted by molar-refractivity contribution is 6.18. The number of hydrogen-bond acceptors (Lipinski definition) is 5. The highest BCUT2D eigenvalue weighted by Crippen LogP contribution is 2.24. The molecule has 2 aromatic carbocycles. The lowest BCUT2D eigenvalue weighted by Gasteiger charge is -2.09. The Morgan fingerprint density at radius 2 is 1.72 bits per heavy atom. The summed E-state index contributed by atoms with van der Waals surface area (Å²) in [6.07, 6.45) is 2.83. The van der Waals surface area contributed by atoms with Gasteiger partial charge in [0, 0.05) is 23.1 Å². The Kier molecular flexibility index (Phi) is 4.62. The maximum absolute atomic E-state index is 13.2. The molecule has 5 N–H and O–H groups in total. The highest BCUT2D eigenvalue weighted by Gasteiger charge is 2.18. The van der Waals surface area contributed by atoms with Gasteiger partial charge in [0.15, 0.2) is 5.78 Å². The minimum absolute atomic E-state index is 0.198. The van der Waals surface area contributed by atoms with Crippen molar-refractivity contribution in [1.29, 1.82) is 0 Å². The van der Waals surface area contributed by atoms with E-state index in [0.29, 0.717) is 33.5 Å². The number of carbonyl (C=O) groups is 2. The van der Waals surface area contributed by atoms with Crippen LogP contribution in [0.25, 0.3) is 11.0 Å². The number of anilines is 3. The summed E-state index contributed by atoms with van der Waals surface area (Å²) in [4.78, 5) is 36.0. The van der Waals surface area contributed by atoms with Crippen LogP contribution in [0.4, 0.5) is 26.4 Å². The Bertz CT molecular complexity index is 1240. The Hall–Kier alpha value is -4.27. The molecule has 0 saturated carbocycles. The molecular formula is C20H15FN6O2. The van der Waals surface area contributed by atoms with Crippen LogP contribution in [0.1, 0.15) is 15.9 Å². The summed E-state index contributed by atoms with van der Waals surface area (Å²) in [5.41, 5.74) is 7.73. The number of halogens is 1. The van der Waals surface area contributed by atoms with E-state index in [1.165, 1.54) is 36.8 Å². The first-order valence-corrected chi connectivity index (χ1v) is 8.57. The topological polar surface area (TPSA) is 126 Å². The summed E-state index contributed by atoms with van der Waals surface area (Å²) < 4.78 is 13.2. The molecule has 8 nitrogen and oxygen atoms in total. The number of nitrogens with one attached hydrogen (secondary N) is 3. The fourth-order valence-electron chi connectivity index (χ4n) is 2.92. The van der Waals surface area contributed by atoms with Gasteiger partial charge in [-0.2, -0.15) is 0 Å². The highest BCUT2D eigenvalue weighted by atomic mass is 19.1. The first-order valence-electron chi connectivity index (χ1n) is 8.57. The normalized spacial score (nSPS) is 10.7. The van der Waals surface area contributed by atoms with Gasteiger partial charge in [-0.3, -0.25) is 4.79 Å². The van der Waals surface area contributed by atoms with Crippen LogP contribution in [0.3, 0.4) is 0 Å². The molecule has 4 rings (SSSR count). The molecule has 9 heteroatoms. The average Bonchev–Trinajstić information content (AvgIpc) is 3.13. The number of nitrogens with two attached hydrogens (primary N) is 1. The van der Waals surface area contributed by atoms with E-state index in [9.17, 15) is 14.0 Å². The van der Waals surface area contributed by atoms with Crippen LogP contribution in [0, 0.1) is 5.82 Å². The fourth-order valence-corrected chi connectivity index (χ4v) is 2.92. The second-order valence-corrected chi connectivity index (χ2v) is 6.18. The lowest BCUT2D eigenvalue weighted by Crippen LogP contribution is -2.19. The van der Waals surface area contributed by atoms with E-state index in [0.717, 1.165) is 0 Å². The predicted octanol–water partition coefficient (Wildman–Crippen LogP) is 3.55. The number of carbonyl (C=O) groups excluding carboxylic acids is 2. The van der Waals surface area contributed by atoms with Gasteiger partial charge < -0.3 is 21.4 Å². The number of nitrogen functional groups attached to an aromatic ring is 1. The minimum atomic E-state index is -0.565. The number of aromatic amines is 1. The minimum Gasteiger partial charge on any atom is -0.383 e. The molecule has 0 aliphatic heterocycles. The number of aromatic nitrogens is 3. The number of ketones is 1. The van der Waals surface area contributed by atoms with Crippen molar-refractivity contribution in [2.45, 2.75) is 0 Å². The van der Waals surface area contributed by atoms with Crippen molar-refractivity contribution >= 4 is 40.0 Å². The van der Waals surface area contributed by atoms with Gasteiger partial charge >= 0.3 is 6.03 Å². The van der Waals surface area contributed by atoms with Crippen molar-refractivity contribution < 1.29 is 14.0 Å². The molecule has 2 heterocycles. The predicted molar refractivity (Wildman–Crippen MR) is 107 cm³/mol. The largest absolute Gasteiger partial charge is 0.383 e. The van der Waals surface area contributed by atoms with E-state index < -0.39 is 11.8 Å². The van der Waals surface area contributed by atoms with Crippen molar-refractivity contribution in [2.75, 3.05) is 16.4 Å². The molecule has 0 spiro atoms. The van der Waals surface area contributed by atoms with E-state index in [-0.39, 0.29) is 11.6 Å². The third-order valence-electron chi connectivity index (χ3n) is 4.21. The van der Waals surface area contributed by atoms with Crippen molar-refractivity contribution in [3.05, 3.63) is 78.0 Å². The summed E-state index contributed by atoms with van der Waals surface area (Å²) in [5.74, 6) is -0.562. The molecule has 0 radical (unpaired) electrons. The number of urea groups is 1. The van der Waals surface area contributed by atoms with Crippen LogP contribution in [-0.2, 0) is 0 Å². The maximum atomic E-state index is 13.2. The molecule has 2 aromatic heterocycles. The monoisotopic (exact) mass is 390 g/mol. The zero-order valence-corrected chi connectivity index (χ0v) is 14.9. The molecule has 0 aliphatic carbocycles. The van der Waals surface area contributed by atoms with Gasteiger partial charge in [-0.1, -0.05) is 18.2 Å². The second-order valence-electron chi connectivity index (χ2n) is 6.18. The van der Waals surface area contributed by atoms with Crippen LogP contribution in [0.5, 0.6) is 0 Å². The molecule has 0 fully saturated rings. The summed E-state index contributed by atoms with van der Waals surface area (Å²) in [6.45, 7) is 0. The third kappa shape index (κ3) is 3.74. The summed E-state index contributed by atoms with van der Waals surface area (Å²) in [5, 5.41) is 5.59. The zero-order chi connectivity index (χ0) is 20.4. The van der Waals surface area contributed by atoms with Crippen LogP contribution in [-0.4, -0.2) is 26.8 Å². The van der Waals surface area contributed by atoms with Gasteiger partial charge in [0.1, 0.15) is 23.6 Å². The Balaban J connectivity index is 1.55. The lowest BCUT2D eigenvalue weighted by molar-refractivity contribution is 0.104. The second kappa shape index (κ2) is 7.39. The first kappa shape index (κ1) is 18.1. The van der Waals surface area contributed by atoms with Gasteiger partial charge in [0.25, 0.3) is 0 Å². The number of nitrogens with zero attached hydrogens (tertiary/aromatic N) is 2. The molecule has 29 heavy (non-hydrogen) atoms. The summed E-state index contributed by atoms with van der Waals surface area (Å²) in [6, 6.07) is 11.4. The van der Waals surface area contributed by atoms with Crippen LogP contribution < -0.4 is 16.4 Å². The molecule has 4 aromatic rings. The SMILES string of the molecule is Nc1ncnc2[nH]cc(C(=O)c3cccc(NC(=O)Nc4cccc(F)c4)c3)c12. The first-order chi connectivity index (χ1) is 14.0. The molecule has 0 saturated heterocycles. The van der Waals surface area contributed by atoms with Crippen molar-refractivity contribution in [1.82, 2.24) is 15.0 Å². The quantitative estimate of drug-likeness (QED) is 0.397. The third-order valence-corrected chi connectivity index (χ3v) is 4.21. The lowest BCUT2D eigenvalue weighted by atomic mass is 10.0. The summed E-state index contributed by atoms with van der Waals surface area (Å²) in [7, 11) is 0. The van der Waals surface area contributed by atoms with E-state index >= 15 is 0 Å². The molecule has 2 amide bonds. The van der Waals surface area contributed by atoms with Crippen molar-refractivity contribution in [3.63, 3.8) is 0 Å². The Morgan fingerprint density at radius 1 is 1.00 bits per heavy atom. The molecule has 144 valence electrons. The van der Waals surface area contributed by atoms with E-state index in [4.69, 9.17) is 5.73 Å². The van der Waals surface area contributed by atoms with Gasteiger partial charge in [0.2, 0.25) is 0 Å². The maximum Gasteiger partial charge on any atom is 0.323 e. The molecule has 0 unspecified atom stereocenters. The average molecular weight is 390 g/mol. The zero-order valence-electron chi connectivity index (χ0n) is 14.9. The number of amides is 2. The number of hydrogen-bond donors (Lipinski definition) is 4. The summed E-state index contributed by atoms with van der Waals surface area (Å²) >= 11 is 0. The standard InChI is InChI=1S/C20H15FN6O2/c21-12-4-2-6-14(8-12)27-20(29)26-13-5-1-3-11(7-13)17(28)15-9-23-19-16(15)18(22)24-10-25-19/h1-10H,(H2,26,27,29)(H3,22,23,24,25). The number of benzene rings is 2. The van der Waals surface area contributed by atoms with Crippen LogP contribution >= 0.6 is 0 Å². The van der Waals surface area contributed by atoms with E-state index in [2.05, 4.69) is 25.6 Å². The number of fused-ring (bicyclic) bond motifs is 1. The van der Waals surface area contributed by atoms with Crippen LogP contribution in [0.2, 0.25) is 0 Å². The van der Waals surface area contributed by atoms with Gasteiger partial charge in [-0.25, -0.2) is 19.2 Å².